The molecule has 1 saturated heterocycles. The molecule has 0 saturated carbocycles. The van der Waals surface area contributed by atoms with Crippen LogP contribution in [0.5, 0.6) is 5.75 Å². The Morgan fingerprint density at radius 3 is 2.42 bits per heavy atom. The number of ether oxygens (including phenoxy) is 1. The minimum absolute atomic E-state index is 0.664. The van der Waals surface area contributed by atoms with Gasteiger partial charge in [-0.2, -0.15) is 0 Å². The third kappa shape index (κ3) is 3.47. The van der Waals surface area contributed by atoms with E-state index in [2.05, 4.69) is 4.90 Å². The van der Waals surface area contributed by atoms with Crippen molar-refractivity contribution in [2.24, 2.45) is 5.73 Å². The zero-order chi connectivity index (χ0) is 13.7. The van der Waals surface area contributed by atoms with Crippen molar-refractivity contribution in [3.05, 3.63) is 29.8 Å². The first-order valence-corrected chi connectivity index (χ1v) is 7.06. The van der Waals surface area contributed by atoms with Crippen LogP contribution in [-0.2, 0) is 5.60 Å². The Bertz CT molecular complexity index is 384. The molecule has 0 spiro atoms. The minimum atomic E-state index is -0.699. The van der Waals surface area contributed by atoms with E-state index < -0.39 is 5.60 Å². The average molecular weight is 264 g/mol. The van der Waals surface area contributed by atoms with E-state index in [4.69, 9.17) is 10.5 Å². The third-order valence-electron chi connectivity index (χ3n) is 3.83. The van der Waals surface area contributed by atoms with E-state index in [1.54, 1.807) is 0 Å². The van der Waals surface area contributed by atoms with Gasteiger partial charge in [0.2, 0.25) is 0 Å². The number of likely N-dealkylation sites (tertiary alicyclic amines) is 1. The van der Waals surface area contributed by atoms with Gasteiger partial charge < -0.3 is 20.5 Å². The van der Waals surface area contributed by atoms with Crippen molar-refractivity contribution >= 4 is 0 Å². The Morgan fingerprint density at radius 2 is 1.89 bits per heavy atom. The van der Waals surface area contributed by atoms with E-state index in [9.17, 15) is 5.11 Å². The lowest BCUT2D eigenvalue weighted by atomic mass is 9.84. The molecule has 1 aromatic rings. The van der Waals surface area contributed by atoms with E-state index in [0.29, 0.717) is 13.2 Å². The molecular formula is C15H24N2O2. The minimum Gasteiger partial charge on any atom is -0.494 e. The highest BCUT2D eigenvalue weighted by Gasteiger charge is 2.33. The zero-order valence-electron chi connectivity index (χ0n) is 11.6. The van der Waals surface area contributed by atoms with E-state index in [0.717, 1.165) is 43.8 Å². The van der Waals surface area contributed by atoms with Crippen LogP contribution in [0, 0.1) is 0 Å². The van der Waals surface area contributed by atoms with Gasteiger partial charge >= 0.3 is 0 Å². The molecule has 1 aromatic carbocycles. The average Bonchev–Trinajstić information content (AvgIpc) is 2.43. The highest BCUT2D eigenvalue weighted by atomic mass is 16.5. The van der Waals surface area contributed by atoms with Gasteiger partial charge in [-0.05, 0) is 37.5 Å². The van der Waals surface area contributed by atoms with Gasteiger partial charge in [0.15, 0.2) is 0 Å². The van der Waals surface area contributed by atoms with E-state index in [-0.39, 0.29) is 0 Å². The molecule has 0 amide bonds. The number of piperidine rings is 1. The van der Waals surface area contributed by atoms with Crippen molar-refractivity contribution < 1.29 is 9.84 Å². The maximum absolute atomic E-state index is 10.8. The van der Waals surface area contributed by atoms with Gasteiger partial charge in [0.05, 0.1) is 12.2 Å². The van der Waals surface area contributed by atoms with Gasteiger partial charge in [0.25, 0.3) is 0 Å². The fourth-order valence-electron chi connectivity index (χ4n) is 2.65. The van der Waals surface area contributed by atoms with Crippen LogP contribution in [-0.4, -0.2) is 42.8 Å². The monoisotopic (exact) mass is 264 g/mol. The fourth-order valence-corrected chi connectivity index (χ4v) is 2.65. The molecule has 1 fully saturated rings. The summed E-state index contributed by atoms with van der Waals surface area (Å²) < 4.78 is 5.43. The summed E-state index contributed by atoms with van der Waals surface area (Å²) in [4.78, 5) is 2.31. The summed E-state index contributed by atoms with van der Waals surface area (Å²) in [6.07, 6.45) is 1.53. The second-order valence-electron chi connectivity index (χ2n) is 5.12. The van der Waals surface area contributed by atoms with Gasteiger partial charge in [-0.3, -0.25) is 0 Å². The molecule has 106 valence electrons. The van der Waals surface area contributed by atoms with Crippen molar-refractivity contribution in [2.45, 2.75) is 25.4 Å². The summed E-state index contributed by atoms with van der Waals surface area (Å²) in [6, 6.07) is 7.82. The van der Waals surface area contributed by atoms with E-state index in [1.807, 2.05) is 31.2 Å². The number of nitrogens with zero attached hydrogens (tertiary/aromatic N) is 1. The summed E-state index contributed by atoms with van der Waals surface area (Å²) in [6.45, 7) is 6.04. The van der Waals surface area contributed by atoms with Gasteiger partial charge in [0, 0.05) is 26.2 Å². The molecule has 0 aromatic heterocycles. The number of hydrogen-bond acceptors (Lipinski definition) is 4. The molecule has 1 aliphatic heterocycles. The van der Waals surface area contributed by atoms with Gasteiger partial charge in [0.1, 0.15) is 5.75 Å². The molecule has 4 nitrogen and oxygen atoms in total. The number of hydrogen-bond donors (Lipinski definition) is 2. The molecule has 0 atom stereocenters. The number of rotatable bonds is 5. The smallest absolute Gasteiger partial charge is 0.119 e. The SMILES string of the molecule is CCOc1ccc(C2(O)CCN(CCN)CC2)cc1. The predicted molar refractivity (Wildman–Crippen MR) is 76.2 cm³/mol. The zero-order valence-corrected chi connectivity index (χ0v) is 11.6. The van der Waals surface area contributed by atoms with Crippen LogP contribution in [0.25, 0.3) is 0 Å². The number of benzene rings is 1. The van der Waals surface area contributed by atoms with Crippen molar-refractivity contribution in [2.75, 3.05) is 32.8 Å². The van der Waals surface area contributed by atoms with Crippen LogP contribution in [0.2, 0.25) is 0 Å². The molecule has 0 radical (unpaired) electrons. The topological polar surface area (TPSA) is 58.7 Å². The summed E-state index contributed by atoms with van der Waals surface area (Å²) >= 11 is 0. The fraction of sp³-hybridized carbons (Fsp3) is 0.600. The van der Waals surface area contributed by atoms with Crippen molar-refractivity contribution in [1.82, 2.24) is 4.90 Å². The van der Waals surface area contributed by atoms with E-state index >= 15 is 0 Å². The first kappa shape index (κ1) is 14.3. The Kier molecular flexibility index (Phi) is 4.80. The van der Waals surface area contributed by atoms with E-state index in [1.165, 1.54) is 0 Å². The molecule has 19 heavy (non-hydrogen) atoms. The third-order valence-corrected chi connectivity index (χ3v) is 3.83. The molecule has 0 bridgehead atoms. The molecule has 0 aliphatic carbocycles. The van der Waals surface area contributed by atoms with Crippen molar-refractivity contribution in [1.29, 1.82) is 0 Å². The van der Waals surface area contributed by atoms with Crippen LogP contribution >= 0.6 is 0 Å². The molecule has 1 heterocycles. The summed E-state index contributed by atoms with van der Waals surface area (Å²) in [7, 11) is 0. The largest absolute Gasteiger partial charge is 0.494 e. The van der Waals surface area contributed by atoms with Gasteiger partial charge in [-0.1, -0.05) is 12.1 Å². The first-order valence-electron chi connectivity index (χ1n) is 7.06. The lowest BCUT2D eigenvalue weighted by Gasteiger charge is -2.38. The Hall–Kier alpha value is -1.10. The first-order chi connectivity index (χ1) is 9.18. The maximum Gasteiger partial charge on any atom is 0.119 e. The molecule has 4 heteroatoms. The second kappa shape index (κ2) is 6.37. The quantitative estimate of drug-likeness (QED) is 0.842. The van der Waals surface area contributed by atoms with Crippen molar-refractivity contribution in [3.8, 4) is 5.75 Å². The summed E-state index contributed by atoms with van der Waals surface area (Å²) in [5.74, 6) is 0.857. The Morgan fingerprint density at radius 1 is 1.26 bits per heavy atom. The van der Waals surface area contributed by atoms with Crippen LogP contribution in [0.1, 0.15) is 25.3 Å². The standard InChI is InChI=1S/C15H24N2O2/c1-2-19-14-5-3-13(4-6-14)15(18)7-10-17(11-8-15)12-9-16/h3-6,18H,2,7-12,16H2,1H3. The van der Waals surface area contributed by atoms with Crippen molar-refractivity contribution in [3.63, 3.8) is 0 Å². The van der Waals surface area contributed by atoms with Gasteiger partial charge in [-0.15, -0.1) is 0 Å². The van der Waals surface area contributed by atoms with Crippen LogP contribution < -0.4 is 10.5 Å². The summed E-state index contributed by atoms with van der Waals surface area (Å²) in [5, 5.41) is 10.8. The number of nitrogens with two attached hydrogens (primary N) is 1. The van der Waals surface area contributed by atoms with Crippen LogP contribution in [0.3, 0.4) is 0 Å². The lowest BCUT2D eigenvalue weighted by Crippen LogP contribution is -2.44. The molecule has 1 aliphatic rings. The highest BCUT2D eigenvalue weighted by Crippen LogP contribution is 2.33. The summed E-state index contributed by atoms with van der Waals surface area (Å²) in [5.41, 5.74) is 5.86. The lowest BCUT2D eigenvalue weighted by molar-refractivity contribution is -0.0251. The van der Waals surface area contributed by atoms with Gasteiger partial charge in [-0.25, -0.2) is 0 Å². The van der Waals surface area contributed by atoms with Crippen LogP contribution in [0.4, 0.5) is 0 Å². The molecule has 0 unspecified atom stereocenters. The molecular weight excluding hydrogens is 240 g/mol. The maximum atomic E-state index is 10.8. The highest BCUT2D eigenvalue weighted by molar-refractivity contribution is 5.31. The Labute approximate surface area is 115 Å². The van der Waals surface area contributed by atoms with Crippen LogP contribution in [0.15, 0.2) is 24.3 Å². The Balaban J connectivity index is 2.00. The predicted octanol–water partition coefficient (Wildman–Crippen LogP) is 1.33. The molecule has 2 rings (SSSR count). The molecule has 3 N–H and O–H groups in total. The number of aliphatic hydroxyl groups is 1. The second-order valence-corrected chi connectivity index (χ2v) is 5.12. The normalized spacial score (nSPS) is 19.3.